The molecule has 90 valence electrons. The van der Waals surface area contributed by atoms with Crippen molar-refractivity contribution in [3.63, 3.8) is 0 Å². The molecule has 0 aliphatic carbocycles. The second-order valence-electron chi connectivity index (χ2n) is 4.02. The van der Waals surface area contributed by atoms with Crippen molar-refractivity contribution in [2.45, 2.75) is 32.9 Å². The Bertz CT molecular complexity index is 495. The van der Waals surface area contributed by atoms with Crippen LogP contribution in [0.25, 0.3) is 0 Å². The topological polar surface area (TPSA) is 63.8 Å². The maximum Gasteiger partial charge on any atom is 0.124 e. The lowest BCUT2D eigenvalue weighted by molar-refractivity contribution is 0.206. The molecule has 0 amide bonds. The molecule has 2 aromatic heterocycles. The highest BCUT2D eigenvalue weighted by atomic mass is 16.3. The molecule has 0 aliphatic rings. The Morgan fingerprint density at radius 2 is 2.24 bits per heavy atom. The summed E-state index contributed by atoms with van der Waals surface area (Å²) < 4.78 is 1.73. The average molecular weight is 232 g/mol. The van der Waals surface area contributed by atoms with Crippen LogP contribution in [0.2, 0.25) is 0 Å². The number of rotatable bonds is 4. The molecule has 0 aromatic carbocycles. The molecular formula is C12H16N4O. The zero-order chi connectivity index (χ0) is 12.3. The molecule has 0 radical (unpaired) electrons. The Labute approximate surface area is 100 Å². The Balaban J connectivity index is 2.34. The van der Waals surface area contributed by atoms with Gasteiger partial charge in [-0.05, 0) is 25.0 Å². The van der Waals surface area contributed by atoms with Crippen LogP contribution in [-0.4, -0.2) is 25.1 Å². The van der Waals surface area contributed by atoms with E-state index in [-0.39, 0.29) is 0 Å². The smallest absolute Gasteiger partial charge is 0.124 e. The molecule has 0 saturated carbocycles. The van der Waals surface area contributed by atoms with Crippen LogP contribution < -0.4 is 0 Å². The van der Waals surface area contributed by atoms with Crippen molar-refractivity contribution in [1.29, 1.82) is 0 Å². The number of hydrogen-bond donors (Lipinski definition) is 1. The van der Waals surface area contributed by atoms with Crippen LogP contribution in [0.4, 0.5) is 0 Å². The third-order valence-electron chi connectivity index (χ3n) is 2.74. The first kappa shape index (κ1) is 11.7. The third-order valence-corrected chi connectivity index (χ3v) is 2.74. The van der Waals surface area contributed by atoms with Crippen molar-refractivity contribution < 1.29 is 5.11 Å². The monoisotopic (exact) mass is 232 g/mol. The molecule has 0 saturated heterocycles. The Kier molecular flexibility index (Phi) is 3.49. The fourth-order valence-corrected chi connectivity index (χ4v) is 1.78. The lowest BCUT2D eigenvalue weighted by Crippen LogP contribution is -2.11. The highest BCUT2D eigenvalue weighted by Gasteiger charge is 2.17. The summed E-state index contributed by atoms with van der Waals surface area (Å²) in [5.74, 6) is 0. The summed E-state index contributed by atoms with van der Waals surface area (Å²) in [6, 6.07) is 1.88. The SMILES string of the molecule is CCCn1nncc1C(O)c1cnccc1C. The number of aliphatic hydroxyl groups excluding tert-OH is 1. The third kappa shape index (κ3) is 2.34. The molecule has 2 aromatic rings. The largest absolute Gasteiger partial charge is 0.382 e. The first-order chi connectivity index (χ1) is 8.24. The van der Waals surface area contributed by atoms with E-state index in [4.69, 9.17) is 0 Å². The van der Waals surface area contributed by atoms with Gasteiger partial charge in [0.25, 0.3) is 0 Å². The number of hydrogen-bond acceptors (Lipinski definition) is 4. The van der Waals surface area contributed by atoms with E-state index in [2.05, 4.69) is 22.2 Å². The second kappa shape index (κ2) is 5.05. The molecule has 1 atom stereocenters. The Morgan fingerprint density at radius 1 is 1.41 bits per heavy atom. The first-order valence-corrected chi connectivity index (χ1v) is 5.71. The van der Waals surface area contributed by atoms with Crippen LogP contribution in [0.5, 0.6) is 0 Å². The van der Waals surface area contributed by atoms with Crippen molar-refractivity contribution in [2.75, 3.05) is 0 Å². The fraction of sp³-hybridized carbons (Fsp3) is 0.417. The first-order valence-electron chi connectivity index (χ1n) is 5.71. The van der Waals surface area contributed by atoms with E-state index >= 15 is 0 Å². The molecular weight excluding hydrogens is 216 g/mol. The normalized spacial score (nSPS) is 12.6. The lowest BCUT2D eigenvalue weighted by Gasteiger charge is -2.13. The molecule has 0 spiro atoms. The molecule has 0 aliphatic heterocycles. The van der Waals surface area contributed by atoms with Gasteiger partial charge in [-0.2, -0.15) is 0 Å². The van der Waals surface area contributed by atoms with Gasteiger partial charge in [-0.15, -0.1) is 5.10 Å². The van der Waals surface area contributed by atoms with Crippen molar-refractivity contribution in [3.05, 3.63) is 41.5 Å². The quantitative estimate of drug-likeness (QED) is 0.867. The van der Waals surface area contributed by atoms with Gasteiger partial charge >= 0.3 is 0 Å². The van der Waals surface area contributed by atoms with Gasteiger partial charge in [0.1, 0.15) is 6.10 Å². The molecule has 0 fully saturated rings. The lowest BCUT2D eigenvalue weighted by atomic mass is 10.0. The minimum Gasteiger partial charge on any atom is -0.382 e. The zero-order valence-electron chi connectivity index (χ0n) is 10.0. The van der Waals surface area contributed by atoms with E-state index < -0.39 is 6.10 Å². The van der Waals surface area contributed by atoms with Crippen LogP contribution >= 0.6 is 0 Å². The van der Waals surface area contributed by atoms with E-state index in [1.807, 2.05) is 13.0 Å². The van der Waals surface area contributed by atoms with Gasteiger partial charge in [-0.3, -0.25) is 4.98 Å². The second-order valence-corrected chi connectivity index (χ2v) is 4.02. The standard InChI is InChI=1S/C12H16N4O/c1-3-6-16-11(8-14-15-16)12(17)10-7-13-5-4-9(10)2/h4-5,7-8,12,17H,3,6H2,1-2H3. The molecule has 5 nitrogen and oxygen atoms in total. The van der Waals surface area contributed by atoms with Crippen molar-refractivity contribution in [1.82, 2.24) is 20.0 Å². The molecule has 0 bridgehead atoms. The van der Waals surface area contributed by atoms with Gasteiger partial charge in [-0.1, -0.05) is 12.1 Å². The molecule has 1 unspecified atom stereocenters. The van der Waals surface area contributed by atoms with Gasteiger partial charge in [0.15, 0.2) is 0 Å². The van der Waals surface area contributed by atoms with E-state index in [0.717, 1.165) is 24.1 Å². The minimum atomic E-state index is -0.717. The molecule has 2 rings (SSSR count). The summed E-state index contributed by atoms with van der Waals surface area (Å²) in [6.45, 7) is 4.77. The van der Waals surface area contributed by atoms with Gasteiger partial charge in [0.05, 0.1) is 11.9 Å². The number of pyridine rings is 1. The maximum absolute atomic E-state index is 10.3. The van der Waals surface area contributed by atoms with Crippen molar-refractivity contribution >= 4 is 0 Å². The van der Waals surface area contributed by atoms with E-state index in [9.17, 15) is 5.11 Å². The highest BCUT2D eigenvalue weighted by Crippen LogP contribution is 2.23. The van der Waals surface area contributed by atoms with Crippen LogP contribution in [0, 0.1) is 6.92 Å². The van der Waals surface area contributed by atoms with Gasteiger partial charge in [0.2, 0.25) is 0 Å². The number of nitrogens with zero attached hydrogens (tertiary/aromatic N) is 4. The van der Waals surface area contributed by atoms with Crippen molar-refractivity contribution in [3.8, 4) is 0 Å². The Morgan fingerprint density at radius 3 is 2.94 bits per heavy atom. The Hall–Kier alpha value is -1.75. The van der Waals surface area contributed by atoms with E-state index in [1.54, 1.807) is 23.3 Å². The van der Waals surface area contributed by atoms with Crippen LogP contribution in [-0.2, 0) is 6.54 Å². The summed E-state index contributed by atoms with van der Waals surface area (Å²) in [5, 5.41) is 18.1. The van der Waals surface area contributed by atoms with Gasteiger partial charge < -0.3 is 5.11 Å². The van der Waals surface area contributed by atoms with Crippen LogP contribution in [0.3, 0.4) is 0 Å². The molecule has 5 heteroatoms. The number of aromatic nitrogens is 4. The molecule has 2 heterocycles. The summed E-state index contributed by atoms with van der Waals surface area (Å²) in [6.07, 6.45) is 5.24. The van der Waals surface area contributed by atoms with E-state index in [1.165, 1.54) is 0 Å². The summed E-state index contributed by atoms with van der Waals surface area (Å²) in [4.78, 5) is 4.04. The van der Waals surface area contributed by atoms with Gasteiger partial charge in [0, 0.05) is 24.5 Å². The van der Waals surface area contributed by atoms with E-state index in [0.29, 0.717) is 5.69 Å². The maximum atomic E-state index is 10.3. The average Bonchev–Trinajstić information content (AvgIpc) is 2.78. The highest BCUT2D eigenvalue weighted by molar-refractivity contribution is 5.29. The number of aryl methyl sites for hydroxylation is 2. The van der Waals surface area contributed by atoms with Crippen LogP contribution in [0.1, 0.15) is 36.3 Å². The van der Waals surface area contributed by atoms with Crippen LogP contribution in [0.15, 0.2) is 24.7 Å². The summed E-state index contributed by atoms with van der Waals surface area (Å²) >= 11 is 0. The molecule has 17 heavy (non-hydrogen) atoms. The predicted molar refractivity (Wildman–Crippen MR) is 63.3 cm³/mol. The predicted octanol–water partition coefficient (Wildman–Crippen LogP) is 1.47. The summed E-state index contributed by atoms with van der Waals surface area (Å²) in [5.41, 5.74) is 2.52. The number of aliphatic hydroxyl groups is 1. The fourth-order valence-electron chi connectivity index (χ4n) is 1.78. The van der Waals surface area contributed by atoms with Crippen molar-refractivity contribution in [2.24, 2.45) is 0 Å². The zero-order valence-corrected chi connectivity index (χ0v) is 10.0. The minimum absolute atomic E-state index is 0.711. The molecule has 1 N–H and O–H groups in total. The van der Waals surface area contributed by atoms with Gasteiger partial charge in [-0.25, -0.2) is 4.68 Å². The summed E-state index contributed by atoms with van der Waals surface area (Å²) in [7, 11) is 0.